The van der Waals surface area contributed by atoms with E-state index >= 15 is 0 Å². The Labute approximate surface area is 136 Å². The third-order valence-corrected chi connectivity index (χ3v) is 5.96. The Morgan fingerprint density at radius 1 is 1.14 bits per heavy atom. The Kier molecular flexibility index (Phi) is 4.72. The van der Waals surface area contributed by atoms with E-state index in [1.165, 1.54) is 25.7 Å². The van der Waals surface area contributed by atoms with E-state index < -0.39 is 5.60 Å². The monoisotopic (exact) mass is 351 g/mol. The van der Waals surface area contributed by atoms with E-state index in [2.05, 4.69) is 39.9 Å². The van der Waals surface area contributed by atoms with Crippen molar-refractivity contribution >= 4 is 15.9 Å². The second kappa shape index (κ2) is 6.39. The lowest BCUT2D eigenvalue weighted by Gasteiger charge is -2.44. The molecule has 0 bridgehead atoms. The fourth-order valence-electron chi connectivity index (χ4n) is 4.04. The van der Waals surface area contributed by atoms with E-state index in [0.717, 1.165) is 47.9 Å². The van der Waals surface area contributed by atoms with Crippen LogP contribution in [0.5, 0.6) is 0 Å². The first kappa shape index (κ1) is 15.5. The van der Waals surface area contributed by atoms with Crippen LogP contribution in [0.1, 0.15) is 51.0 Å². The van der Waals surface area contributed by atoms with Gasteiger partial charge >= 0.3 is 0 Å². The van der Waals surface area contributed by atoms with Crippen molar-refractivity contribution in [2.24, 2.45) is 5.92 Å². The maximum atomic E-state index is 11.0. The van der Waals surface area contributed by atoms with E-state index in [1.54, 1.807) is 0 Å². The molecular formula is C18H26BrNO. The third kappa shape index (κ3) is 3.52. The van der Waals surface area contributed by atoms with Crippen LogP contribution in [0.25, 0.3) is 0 Å². The first-order valence-electron chi connectivity index (χ1n) is 8.29. The SMILES string of the molecule is C[C@@H]1CCC[C@@H](N2CCC(O)(c3ccc(Br)cc3)CC2)C1. The highest BCUT2D eigenvalue weighted by Crippen LogP contribution is 2.36. The highest BCUT2D eigenvalue weighted by Gasteiger charge is 2.36. The Balaban J connectivity index is 1.62. The molecule has 1 aliphatic heterocycles. The predicted molar refractivity (Wildman–Crippen MR) is 90.3 cm³/mol. The van der Waals surface area contributed by atoms with E-state index in [-0.39, 0.29) is 0 Å². The van der Waals surface area contributed by atoms with E-state index in [0.29, 0.717) is 0 Å². The van der Waals surface area contributed by atoms with Crippen LogP contribution in [0, 0.1) is 5.92 Å². The molecule has 1 aliphatic carbocycles. The first-order valence-corrected chi connectivity index (χ1v) is 9.09. The zero-order valence-corrected chi connectivity index (χ0v) is 14.5. The van der Waals surface area contributed by atoms with Gasteiger partial charge in [-0.05, 0) is 49.3 Å². The largest absolute Gasteiger partial charge is 0.385 e. The number of likely N-dealkylation sites (tertiary alicyclic amines) is 1. The Morgan fingerprint density at radius 3 is 2.43 bits per heavy atom. The summed E-state index contributed by atoms with van der Waals surface area (Å²) in [6, 6.07) is 8.93. The molecule has 1 N–H and O–H groups in total. The van der Waals surface area contributed by atoms with Crippen molar-refractivity contribution in [2.45, 2.75) is 57.1 Å². The van der Waals surface area contributed by atoms with Gasteiger partial charge in [0.05, 0.1) is 5.60 Å². The van der Waals surface area contributed by atoms with Crippen LogP contribution in [0.15, 0.2) is 28.7 Å². The number of hydrogen-bond donors (Lipinski definition) is 1. The minimum Gasteiger partial charge on any atom is -0.385 e. The van der Waals surface area contributed by atoms with Crippen LogP contribution in [0.2, 0.25) is 0 Å². The van der Waals surface area contributed by atoms with Crippen molar-refractivity contribution in [3.63, 3.8) is 0 Å². The predicted octanol–water partition coefficient (Wildman–Crippen LogP) is 4.31. The number of hydrogen-bond acceptors (Lipinski definition) is 2. The summed E-state index contributed by atoms with van der Waals surface area (Å²) in [5.74, 6) is 0.871. The molecule has 3 rings (SSSR count). The number of aliphatic hydroxyl groups is 1. The van der Waals surface area contributed by atoms with Crippen molar-refractivity contribution in [3.8, 4) is 0 Å². The fourth-order valence-corrected chi connectivity index (χ4v) is 4.31. The Hall–Kier alpha value is -0.380. The quantitative estimate of drug-likeness (QED) is 0.857. The van der Waals surface area contributed by atoms with Gasteiger partial charge in [0.2, 0.25) is 0 Å². The summed E-state index contributed by atoms with van der Waals surface area (Å²) in [7, 11) is 0. The second-order valence-corrected chi connectivity index (χ2v) is 7.92. The molecule has 2 fully saturated rings. The Morgan fingerprint density at radius 2 is 1.81 bits per heavy atom. The molecule has 116 valence electrons. The number of rotatable bonds is 2. The zero-order valence-electron chi connectivity index (χ0n) is 12.9. The van der Waals surface area contributed by atoms with Gasteiger partial charge in [-0.25, -0.2) is 0 Å². The summed E-state index contributed by atoms with van der Waals surface area (Å²) in [5, 5.41) is 11.0. The summed E-state index contributed by atoms with van der Waals surface area (Å²) >= 11 is 3.46. The molecule has 1 saturated heterocycles. The highest BCUT2D eigenvalue weighted by atomic mass is 79.9. The van der Waals surface area contributed by atoms with Crippen molar-refractivity contribution in [2.75, 3.05) is 13.1 Å². The van der Waals surface area contributed by atoms with Gasteiger partial charge in [-0.15, -0.1) is 0 Å². The molecule has 1 heterocycles. The standard InChI is InChI=1S/C18H26BrNO/c1-14-3-2-4-17(13-14)20-11-9-18(21,10-12-20)15-5-7-16(19)8-6-15/h5-8,14,17,21H,2-4,9-13H2,1H3/t14-,17-/m1/s1. The average molecular weight is 352 g/mol. The molecular weight excluding hydrogens is 326 g/mol. The van der Waals surface area contributed by atoms with Crippen molar-refractivity contribution in [1.82, 2.24) is 4.90 Å². The van der Waals surface area contributed by atoms with Gasteiger partial charge in [0, 0.05) is 23.6 Å². The minimum atomic E-state index is -0.627. The van der Waals surface area contributed by atoms with Crippen LogP contribution in [-0.2, 0) is 5.60 Å². The number of piperidine rings is 1. The van der Waals surface area contributed by atoms with Crippen LogP contribution in [0.4, 0.5) is 0 Å². The summed E-state index contributed by atoms with van der Waals surface area (Å²) in [5.41, 5.74) is 0.444. The molecule has 2 atom stereocenters. The normalized spacial score (nSPS) is 30.2. The summed E-state index contributed by atoms with van der Waals surface area (Å²) in [4.78, 5) is 2.63. The van der Waals surface area contributed by atoms with Crippen molar-refractivity contribution in [3.05, 3.63) is 34.3 Å². The van der Waals surface area contributed by atoms with Crippen LogP contribution < -0.4 is 0 Å². The van der Waals surface area contributed by atoms with Gasteiger partial charge < -0.3 is 10.0 Å². The van der Waals surface area contributed by atoms with Crippen LogP contribution in [-0.4, -0.2) is 29.1 Å². The molecule has 2 nitrogen and oxygen atoms in total. The van der Waals surface area contributed by atoms with Gasteiger partial charge in [-0.1, -0.05) is 47.8 Å². The van der Waals surface area contributed by atoms with E-state index in [4.69, 9.17) is 0 Å². The number of benzene rings is 1. The van der Waals surface area contributed by atoms with Crippen molar-refractivity contribution in [1.29, 1.82) is 0 Å². The number of halogens is 1. The average Bonchev–Trinajstić information content (AvgIpc) is 2.48. The zero-order chi connectivity index (χ0) is 14.9. The molecule has 2 aliphatic rings. The molecule has 0 spiro atoms. The molecule has 0 aromatic heterocycles. The lowest BCUT2D eigenvalue weighted by molar-refractivity contribution is -0.0411. The smallest absolute Gasteiger partial charge is 0.0920 e. The van der Waals surface area contributed by atoms with Gasteiger partial charge in [0.25, 0.3) is 0 Å². The number of nitrogens with zero attached hydrogens (tertiary/aromatic N) is 1. The molecule has 1 aromatic rings. The molecule has 1 aromatic carbocycles. The molecule has 1 saturated carbocycles. The second-order valence-electron chi connectivity index (χ2n) is 7.00. The van der Waals surface area contributed by atoms with Gasteiger partial charge in [-0.3, -0.25) is 0 Å². The molecule has 0 radical (unpaired) electrons. The lowest BCUT2D eigenvalue weighted by atomic mass is 9.81. The molecule has 0 amide bonds. The van der Waals surface area contributed by atoms with Gasteiger partial charge in [0.1, 0.15) is 0 Å². The third-order valence-electron chi connectivity index (χ3n) is 5.43. The van der Waals surface area contributed by atoms with E-state index in [1.807, 2.05) is 12.1 Å². The molecule has 3 heteroatoms. The van der Waals surface area contributed by atoms with Crippen molar-refractivity contribution < 1.29 is 5.11 Å². The van der Waals surface area contributed by atoms with Gasteiger partial charge in [0.15, 0.2) is 0 Å². The first-order chi connectivity index (χ1) is 10.1. The van der Waals surface area contributed by atoms with Crippen LogP contribution >= 0.6 is 15.9 Å². The fraction of sp³-hybridized carbons (Fsp3) is 0.667. The maximum absolute atomic E-state index is 11.0. The Bertz CT molecular complexity index is 465. The van der Waals surface area contributed by atoms with Gasteiger partial charge in [-0.2, -0.15) is 0 Å². The molecule has 21 heavy (non-hydrogen) atoms. The minimum absolute atomic E-state index is 0.627. The summed E-state index contributed by atoms with van der Waals surface area (Å²) in [6.45, 7) is 4.45. The summed E-state index contributed by atoms with van der Waals surface area (Å²) in [6.07, 6.45) is 7.18. The highest BCUT2D eigenvalue weighted by molar-refractivity contribution is 9.10. The van der Waals surface area contributed by atoms with E-state index in [9.17, 15) is 5.11 Å². The molecule has 0 unspecified atom stereocenters. The topological polar surface area (TPSA) is 23.5 Å². The maximum Gasteiger partial charge on any atom is 0.0920 e. The lowest BCUT2D eigenvalue weighted by Crippen LogP contribution is -2.48. The summed E-state index contributed by atoms with van der Waals surface area (Å²) < 4.78 is 1.07. The van der Waals surface area contributed by atoms with Crippen LogP contribution in [0.3, 0.4) is 0 Å².